The zero-order valence-corrected chi connectivity index (χ0v) is 22.8. The number of anilines is 1. The molecule has 3 aromatic carbocycles. The van der Waals surface area contributed by atoms with E-state index in [0.29, 0.717) is 55.4 Å². The first-order valence-corrected chi connectivity index (χ1v) is 13.5. The SMILES string of the molecule is CCOC(=O)C1CCN(C(=O)Cc2ccc(N(Cc3ccccc3)C(=O)c3ccc(Cl)cc3Cl)cc2)CC1. The van der Waals surface area contributed by atoms with E-state index in [1.54, 1.807) is 34.9 Å². The Morgan fingerprint density at radius 3 is 2.24 bits per heavy atom. The third-order valence-corrected chi connectivity index (χ3v) is 7.21. The van der Waals surface area contributed by atoms with Gasteiger partial charge in [0, 0.05) is 23.8 Å². The van der Waals surface area contributed by atoms with Crippen LogP contribution in [0, 0.1) is 5.92 Å². The second-order valence-corrected chi connectivity index (χ2v) is 10.1. The van der Waals surface area contributed by atoms with Gasteiger partial charge in [0.1, 0.15) is 0 Å². The van der Waals surface area contributed by atoms with Crippen LogP contribution in [0.1, 0.15) is 41.3 Å². The lowest BCUT2D eigenvalue weighted by atomic mass is 9.96. The van der Waals surface area contributed by atoms with Crippen molar-refractivity contribution >= 4 is 46.7 Å². The van der Waals surface area contributed by atoms with Gasteiger partial charge in [-0.2, -0.15) is 0 Å². The summed E-state index contributed by atoms with van der Waals surface area (Å²) in [6, 6.07) is 22.0. The lowest BCUT2D eigenvalue weighted by Gasteiger charge is -2.31. The molecule has 6 nitrogen and oxygen atoms in total. The van der Waals surface area contributed by atoms with Crippen LogP contribution in [0.5, 0.6) is 0 Å². The van der Waals surface area contributed by atoms with E-state index in [1.807, 2.05) is 54.6 Å². The molecule has 1 fully saturated rings. The van der Waals surface area contributed by atoms with Crippen molar-refractivity contribution in [2.45, 2.75) is 32.7 Å². The number of esters is 1. The molecule has 0 bridgehead atoms. The Hall–Kier alpha value is -3.35. The van der Waals surface area contributed by atoms with Crippen molar-refractivity contribution < 1.29 is 19.1 Å². The summed E-state index contributed by atoms with van der Waals surface area (Å²) in [5.41, 5.74) is 2.87. The van der Waals surface area contributed by atoms with Crippen molar-refractivity contribution in [3.05, 3.63) is 99.5 Å². The molecule has 0 unspecified atom stereocenters. The molecule has 198 valence electrons. The summed E-state index contributed by atoms with van der Waals surface area (Å²) in [4.78, 5) is 41.9. The minimum Gasteiger partial charge on any atom is -0.466 e. The molecule has 4 rings (SSSR count). The third-order valence-electron chi connectivity index (χ3n) is 6.66. The Labute approximate surface area is 233 Å². The van der Waals surface area contributed by atoms with Gasteiger partial charge in [-0.3, -0.25) is 14.4 Å². The van der Waals surface area contributed by atoms with Crippen LogP contribution in [0.15, 0.2) is 72.8 Å². The zero-order valence-electron chi connectivity index (χ0n) is 21.2. The fraction of sp³-hybridized carbons (Fsp3) is 0.300. The number of rotatable bonds is 8. The summed E-state index contributed by atoms with van der Waals surface area (Å²) in [7, 11) is 0. The van der Waals surface area contributed by atoms with Crippen molar-refractivity contribution in [1.29, 1.82) is 0 Å². The molecule has 2 amide bonds. The standard InChI is InChI=1S/C30H30Cl2N2O4/c1-2-38-30(37)23-14-16-33(17-15-23)28(35)18-21-8-11-25(12-9-21)34(20-22-6-4-3-5-7-22)29(36)26-13-10-24(31)19-27(26)32/h3-13,19,23H,2,14-18,20H2,1H3. The normalized spacial score (nSPS) is 13.7. The lowest BCUT2D eigenvalue weighted by molar-refractivity contribution is -0.151. The van der Waals surface area contributed by atoms with Crippen LogP contribution in [0.25, 0.3) is 0 Å². The van der Waals surface area contributed by atoms with E-state index < -0.39 is 0 Å². The van der Waals surface area contributed by atoms with E-state index in [-0.39, 0.29) is 35.1 Å². The van der Waals surface area contributed by atoms with Crippen molar-refractivity contribution in [3.63, 3.8) is 0 Å². The number of benzene rings is 3. The van der Waals surface area contributed by atoms with Gasteiger partial charge in [0.15, 0.2) is 0 Å². The second-order valence-electron chi connectivity index (χ2n) is 9.25. The van der Waals surface area contributed by atoms with Crippen molar-refractivity contribution in [2.75, 3.05) is 24.6 Å². The van der Waals surface area contributed by atoms with Crippen LogP contribution in [0.3, 0.4) is 0 Å². The van der Waals surface area contributed by atoms with Gasteiger partial charge in [-0.1, -0.05) is 65.7 Å². The molecule has 0 saturated carbocycles. The van der Waals surface area contributed by atoms with E-state index in [0.717, 1.165) is 11.1 Å². The molecule has 38 heavy (non-hydrogen) atoms. The van der Waals surface area contributed by atoms with Gasteiger partial charge in [0.2, 0.25) is 5.91 Å². The summed E-state index contributed by atoms with van der Waals surface area (Å²) in [6.45, 7) is 3.61. The molecular formula is C30H30Cl2N2O4. The zero-order chi connectivity index (χ0) is 27.1. The molecule has 8 heteroatoms. The topological polar surface area (TPSA) is 66.9 Å². The molecule has 1 aliphatic rings. The van der Waals surface area contributed by atoms with E-state index in [9.17, 15) is 14.4 Å². The van der Waals surface area contributed by atoms with Gasteiger partial charge < -0.3 is 14.5 Å². The molecule has 0 aliphatic carbocycles. The first-order valence-electron chi connectivity index (χ1n) is 12.7. The average molecular weight is 553 g/mol. The number of piperidine rings is 1. The molecular weight excluding hydrogens is 523 g/mol. The molecule has 0 radical (unpaired) electrons. The van der Waals surface area contributed by atoms with Crippen LogP contribution < -0.4 is 4.90 Å². The van der Waals surface area contributed by atoms with Crippen molar-refractivity contribution in [3.8, 4) is 0 Å². The monoisotopic (exact) mass is 552 g/mol. The lowest BCUT2D eigenvalue weighted by Crippen LogP contribution is -2.41. The summed E-state index contributed by atoms with van der Waals surface area (Å²) in [5.74, 6) is -0.542. The number of carbonyl (C=O) groups is 3. The molecule has 0 spiro atoms. The predicted molar refractivity (Wildman–Crippen MR) is 150 cm³/mol. The first-order chi connectivity index (χ1) is 18.4. The molecule has 1 heterocycles. The van der Waals surface area contributed by atoms with E-state index in [4.69, 9.17) is 27.9 Å². The van der Waals surface area contributed by atoms with Crippen LogP contribution in [-0.4, -0.2) is 42.4 Å². The highest BCUT2D eigenvalue weighted by Gasteiger charge is 2.28. The minimum atomic E-state index is -0.246. The molecule has 0 atom stereocenters. The van der Waals surface area contributed by atoms with Crippen LogP contribution in [0.2, 0.25) is 10.0 Å². The summed E-state index contributed by atoms with van der Waals surface area (Å²) >= 11 is 12.4. The van der Waals surface area contributed by atoms with Gasteiger partial charge in [0.05, 0.1) is 36.1 Å². The van der Waals surface area contributed by atoms with Gasteiger partial charge in [-0.25, -0.2) is 0 Å². The number of likely N-dealkylation sites (tertiary alicyclic amines) is 1. The fourth-order valence-electron chi connectivity index (χ4n) is 4.56. The molecule has 3 aromatic rings. The average Bonchev–Trinajstić information content (AvgIpc) is 2.93. The molecule has 0 aromatic heterocycles. The van der Waals surface area contributed by atoms with E-state index in [2.05, 4.69) is 0 Å². The maximum Gasteiger partial charge on any atom is 0.309 e. The molecule has 1 saturated heterocycles. The summed E-state index contributed by atoms with van der Waals surface area (Å²) in [6.07, 6.45) is 1.49. The van der Waals surface area contributed by atoms with Crippen LogP contribution in [-0.2, 0) is 27.3 Å². The predicted octanol–water partition coefficient (Wildman–Crippen LogP) is 6.18. The third kappa shape index (κ3) is 6.94. The van der Waals surface area contributed by atoms with Gasteiger partial charge in [-0.15, -0.1) is 0 Å². The van der Waals surface area contributed by atoms with Crippen molar-refractivity contribution in [2.24, 2.45) is 5.92 Å². The number of halogens is 2. The Morgan fingerprint density at radius 1 is 0.921 bits per heavy atom. The second kappa shape index (κ2) is 12.9. The fourth-order valence-corrected chi connectivity index (χ4v) is 5.05. The number of nitrogens with zero attached hydrogens (tertiary/aromatic N) is 2. The van der Waals surface area contributed by atoms with E-state index in [1.165, 1.54) is 0 Å². The van der Waals surface area contributed by atoms with Gasteiger partial charge in [-0.05, 0) is 61.2 Å². The van der Waals surface area contributed by atoms with Crippen molar-refractivity contribution in [1.82, 2.24) is 4.90 Å². The van der Waals surface area contributed by atoms with Gasteiger partial charge >= 0.3 is 5.97 Å². The maximum absolute atomic E-state index is 13.6. The largest absolute Gasteiger partial charge is 0.466 e. The highest BCUT2D eigenvalue weighted by Crippen LogP contribution is 2.27. The molecule has 1 aliphatic heterocycles. The van der Waals surface area contributed by atoms with E-state index >= 15 is 0 Å². The summed E-state index contributed by atoms with van der Waals surface area (Å²) in [5, 5.41) is 0.745. The highest BCUT2D eigenvalue weighted by molar-refractivity contribution is 6.37. The Bertz CT molecular complexity index is 1270. The smallest absolute Gasteiger partial charge is 0.309 e. The quantitative estimate of drug-likeness (QED) is 0.313. The Balaban J connectivity index is 1.46. The maximum atomic E-state index is 13.6. The Kier molecular flexibility index (Phi) is 9.43. The highest BCUT2D eigenvalue weighted by atomic mass is 35.5. The minimum absolute atomic E-state index is 0.0187. The first kappa shape index (κ1) is 27.7. The summed E-state index contributed by atoms with van der Waals surface area (Å²) < 4.78 is 5.11. The number of carbonyl (C=O) groups excluding carboxylic acids is 3. The van der Waals surface area contributed by atoms with Gasteiger partial charge in [0.25, 0.3) is 5.91 Å². The van der Waals surface area contributed by atoms with Crippen LogP contribution >= 0.6 is 23.2 Å². The number of ether oxygens (including phenoxy) is 1. The Morgan fingerprint density at radius 2 is 1.61 bits per heavy atom. The number of amides is 2. The number of hydrogen-bond acceptors (Lipinski definition) is 4. The number of hydrogen-bond donors (Lipinski definition) is 0. The molecule has 0 N–H and O–H groups in total. The van der Waals surface area contributed by atoms with Crippen LogP contribution in [0.4, 0.5) is 5.69 Å².